The van der Waals surface area contributed by atoms with Gasteiger partial charge >= 0.3 is 0 Å². The maximum Gasteiger partial charge on any atom is 0.264 e. The van der Waals surface area contributed by atoms with Gasteiger partial charge in [-0.1, -0.05) is 49.4 Å². The Kier molecular flexibility index (Phi) is 10.9. The first-order valence-corrected chi connectivity index (χ1v) is 20.2. The lowest BCUT2D eigenvalue weighted by Gasteiger charge is -2.51. The molecule has 0 unspecified atom stereocenters. The van der Waals surface area contributed by atoms with Crippen molar-refractivity contribution in [1.29, 1.82) is 0 Å². The standard InChI is InChI=1S/C41H52ClN3O5S/c1-7-34(42)21-31-13-9-18-40(29(31)4)25-45-24-33-14-16-35(33)41(49-6,23-36-28(3)12-10-20-43-36)19-8-11-27(2)30(5)51(47,48)44-39(46)32-15-17-38(50-26-40)37(45)22-32/h7-8,10,12,15,17,19-22,27,30,33,35H,4,9,11,13-14,16,18,23-26H2,1-3,5-6H3,(H,44,46)/b19-8+,31-21-,34-7+/t27-,30+,33-,35+,40-,41+/m0/s1. The number of nitrogens with zero attached hydrogens (tertiary/aromatic N) is 2. The predicted molar refractivity (Wildman–Crippen MR) is 205 cm³/mol. The first-order chi connectivity index (χ1) is 24.3. The molecule has 2 aliphatic heterocycles. The van der Waals surface area contributed by atoms with Gasteiger partial charge in [0.1, 0.15) is 5.75 Å². The van der Waals surface area contributed by atoms with Gasteiger partial charge in [0.25, 0.3) is 5.91 Å². The van der Waals surface area contributed by atoms with Gasteiger partial charge in [-0.3, -0.25) is 9.78 Å². The number of fused-ring (bicyclic) bond motifs is 2. The van der Waals surface area contributed by atoms with Crippen LogP contribution in [-0.2, 0) is 21.2 Å². The summed E-state index contributed by atoms with van der Waals surface area (Å²) in [6.07, 6.45) is 15.9. The smallest absolute Gasteiger partial charge is 0.264 e. The number of hydrogen-bond donors (Lipinski definition) is 1. The number of sulfonamides is 1. The second-order valence-electron chi connectivity index (χ2n) is 15.2. The van der Waals surface area contributed by atoms with Crippen molar-refractivity contribution in [2.45, 2.75) is 83.5 Å². The van der Waals surface area contributed by atoms with Crippen LogP contribution in [0.2, 0.25) is 0 Å². The number of aromatic nitrogens is 1. The second kappa shape index (κ2) is 14.9. The van der Waals surface area contributed by atoms with E-state index in [1.54, 1.807) is 32.2 Å². The van der Waals surface area contributed by atoms with E-state index in [1.165, 1.54) is 0 Å². The van der Waals surface area contributed by atoms with Gasteiger partial charge in [-0.05, 0) is 124 Å². The number of hydrogen-bond acceptors (Lipinski definition) is 7. The van der Waals surface area contributed by atoms with Crippen LogP contribution in [0.5, 0.6) is 5.75 Å². The molecule has 51 heavy (non-hydrogen) atoms. The zero-order valence-electron chi connectivity index (χ0n) is 30.6. The molecule has 0 radical (unpaired) electrons. The van der Waals surface area contributed by atoms with Gasteiger partial charge in [-0.2, -0.15) is 0 Å². The van der Waals surface area contributed by atoms with Crippen molar-refractivity contribution in [1.82, 2.24) is 9.71 Å². The highest BCUT2D eigenvalue weighted by atomic mass is 35.5. The minimum Gasteiger partial charge on any atom is -0.490 e. The second-order valence-corrected chi connectivity index (χ2v) is 17.6. The third kappa shape index (κ3) is 7.44. The maximum atomic E-state index is 13.6. The summed E-state index contributed by atoms with van der Waals surface area (Å²) in [5, 5.41) is -0.119. The lowest BCUT2D eigenvalue weighted by atomic mass is 9.62. The number of ether oxygens (including phenoxy) is 2. The number of pyridine rings is 1. The quantitative estimate of drug-likeness (QED) is 0.318. The fourth-order valence-corrected chi connectivity index (χ4v) is 9.87. The van der Waals surface area contributed by atoms with E-state index >= 15 is 0 Å². The number of carbonyl (C=O) groups excluding carboxylic acids is 1. The van der Waals surface area contributed by atoms with Crippen LogP contribution in [0.4, 0.5) is 5.69 Å². The Balaban J connectivity index is 1.46. The van der Waals surface area contributed by atoms with Crippen molar-refractivity contribution in [2.75, 3.05) is 31.7 Å². The Hall–Kier alpha value is -3.40. The molecule has 1 spiro atoms. The van der Waals surface area contributed by atoms with E-state index < -0.39 is 26.8 Å². The molecule has 1 aromatic heterocycles. The number of methoxy groups -OCH3 is 1. The van der Waals surface area contributed by atoms with E-state index in [4.69, 9.17) is 26.1 Å². The highest BCUT2D eigenvalue weighted by molar-refractivity contribution is 7.90. The van der Waals surface area contributed by atoms with Crippen LogP contribution in [0.15, 0.2) is 83.6 Å². The molecule has 10 heteroatoms. The molecule has 2 fully saturated rings. The number of benzene rings is 1. The highest BCUT2D eigenvalue weighted by Crippen LogP contribution is 2.51. The first-order valence-electron chi connectivity index (χ1n) is 18.2. The molecule has 3 heterocycles. The highest BCUT2D eigenvalue weighted by Gasteiger charge is 2.49. The third-order valence-electron chi connectivity index (χ3n) is 12.2. The summed E-state index contributed by atoms with van der Waals surface area (Å²) in [6.45, 7) is 14.0. The summed E-state index contributed by atoms with van der Waals surface area (Å²) in [7, 11) is -2.19. The Bertz CT molecular complexity index is 1870. The fourth-order valence-electron chi connectivity index (χ4n) is 8.45. The number of halogens is 1. The van der Waals surface area contributed by atoms with Crippen molar-refractivity contribution in [3.8, 4) is 5.75 Å². The predicted octanol–water partition coefficient (Wildman–Crippen LogP) is 8.08. The zero-order valence-corrected chi connectivity index (χ0v) is 32.2. The van der Waals surface area contributed by atoms with Gasteiger partial charge in [0.15, 0.2) is 0 Å². The van der Waals surface area contributed by atoms with Crippen molar-refractivity contribution in [3.63, 3.8) is 0 Å². The Labute approximate surface area is 309 Å². The minimum absolute atomic E-state index is 0.179. The molecular weight excluding hydrogens is 682 g/mol. The van der Waals surface area contributed by atoms with Gasteiger partial charge < -0.3 is 14.4 Å². The van der Waals surface area contributed by atoms with Gasteiger partial charge in [0.05, 0.1) is 23.1 Å². The lowest BCUT2D eigenvalue weighted by molar-refractivity contribution is -0.0752. The van der Waals surface area contributed by atoms with Crippen molar-refractivity contribution >= 4 is 33.2 Å². The van der Waals surface area contributed by atoms with Crippen LogP contribution in [0.25, 0.3) is 0 Å². The minimum atomic E-state index is -3.98. The van der Waals surface area contributed by atoms with E-state index in [1.807, 2.05) is 38.3 Å². The summed E-state index contributed by atoms with van der Waals surface area (Å²) in [4.78, 5) is 20.7. The Morgan fingerprint density at radius 3 is 2.76 bits per heavy atom. The molecule has 1 N–H and O–H groups in total. The maximum absolute atomic E-state index is 13.6. The molecule has 274 valence electrons. The van der Waals surface area contributed by atoms with E-state index in [0.29, 0.717) is 43.3 Å². The lowest BCUT2D eigenvalue weighted by Crippen LogP contribution is -2.53. The third-order valence-corrected chi connectivity index (χ3v) is 14.4. The number of rotatable bonds is 4. The van der Waals surface area contributed by atoms with Crippen molar-refractivity contribution in [3.05, 3.63) is 100 Å². The van der Waals surface area contributed by atoms with Gasteiger partial charge in [-0.15, -0.1) is 0 Å². The van der Waals surface area contributed by atoms with Crippen LogP contribution < -0.4 is 14.4 Å². The molecule has 2 aromatic rings. The summed E-state index contributed by atoms with van der Waals surface area (Å²) in [5.74, 6) is 0.228. The number of allylic oxidation sites excluding steroid dienone is 5. The molecular formula is C41H52ClN3O5S. The Morgan fingerprint density at radius 1 is 1.25 bits per heavy atom. The molecule has 8 nitrogen and oxygen atoms in total. The molecule has 4 aliphatic rings. The molecule has 6 rings (SSSR count). The average molecular weight is 734 g/mol. The summed E-state index contributed by atoms with van der Waals surface area (Å²) < 4.78 is 42.7. The fraction of sp³-hybridized carbons (Fsp3) is 0.512. The monoisotopic (exact) mass is 733 g/mol. The van der Waals surface area contributed by atoms with Gasteiger partial charge in [0, 0.05) is 54.5 Å². The summed E-state index contributed by atoms with van der Waals surface area (Å²) in [6, 6.07) is 9.30. The average Bonchev–Trinajstić information content (AvgIpc) is 3.25. The molecule has 1 amide bonds. The topological polar surface area (TPSA) is 97.8 Å². The molecule has 2 saturated carbocycles. The van der Waals surface area contributed by atoms with Gasteiger partial charge in [0.2, 0.25) is 10.0 Å². The summed E-state index contributed by atoms with van der Waals surface area (Å²) >= 11 is 6.51. The van der Waals surface area contributed by atoms with Crippen molar-refractivity contribution < 1.29 is 22.7 Å². The molecule has 1 aromatic carbocycles. The SMILES string of the molecule is C=C1/C(=C\C(Cl)=C/C)CCC[C@]12COc1ccc3cc1N(C[C@@H]1CC[C@H]1[C@@](Cc1ncccc1C)(OC)/C=C/C[C@H](C)[C@@H](C)S(=O)(=O)NC3=O)C2. The number of nitrogens with one attached hydrogen (secondary N) is 1. The zero-order chi connectivity index (χ0) is 36.6. The normalized spacial score (nSPS) is 32.7. The van der Waals surface area contributed by atoms with Crippen LogP contribution in [0.3, 0.4) is 0 Å². The van der Waals surface area contributed by atoms with Crippen LogP contribution >= 0.6 is 11.6 Å². The summed E-state index contributed by atoms with van der Waals surface area (Å²) in [5.41, 5.74) is 4.31. The van der Waals surface area contributed by atoms with Crippen LogP contribution in [0.1, 0.15) is 80.9 Å². The molecule has 0 saturated heterocycles. The number of amides is 1. The molecule has 2 aliphatic carbocycles. The van der Waals surface area contributed by atoms with Crippen molar-refractivity contribution in [2.24, 2.45) is 23.2 Å². The largest absolute Gasteiger partial charge is 0.490 e. The van der Waals surface area contributed by atoms with E-state index in [9.17, 15) is 13.2 Å². The van der Waals surface area contributed by atoms with E-state index in [2.05, 4.69) is 41.3 Å². The van der Waals surface area contributed by atoms with E-state index in [-0.39, 0.29) is 28.7 Å². The Morgan fingerprint density at radius 2 is 2.06 bits per heavy atom. The van der Waals surface area contributed by atoms with Gasteiger partial charge in [-0.25, -0.2) is 13.1 Å². The van der Waals surface area contributed by atoms with E-state index in [0.717, 1.165) is 60.2 Å². The number of aryl methyl sites for hydroxylation is 1. The van der Waals surface area contributed by atoms with Crippen LogP contribution in [0, 0.1) is 30.1 Å². The molecule has 2 bridgehead atoms. The number of carbonyl (C=O) groups is 1. The number of anilines is 1. The first kappa shape index (κ1) is 37.4. The molecule has 6 atom stereocenters. The van der Waals surface area contributed by atoms with Crippen LogP contribution in [-0.4, -0.2) is 57.0 Å².